The monoisotopic (exact) mass is 423 g/mol. The first-order valence-electron chi connectivity index (χ1n) is 7.18. The number of nitrogens with zero attached hydrogens (tertiary/aromatic N) is 1. The van der Waals surface area contributed by atoms with E-state index in [0.717, 1.165) is 12.8 Å². The van der Waals surface area contributed by atoms with Crippen molar-refractivity contribution < 1.29 is 17.9 Å². The molecule has 4 nitrogen and oxygen atoms in total. The highest BCUT2D eigenvalue weighted by Gasteiger charge is 2.27. The third-order valence-electron chi connectivity index (χ3n) is 3.20. The van der Waals surface area contributed by atoms with Crippen molar-refractivity contribution in [3.8, 4) is 0 Å². The summed E-state index contributed by atoms with van der Waals surface area (Å²) in [5, 5.41) is 3.18. The Balaban J connectivity index is 0.00000400. The van der Waals surface area contributed by atoms with E-state index in [0.29, 0.717) is 25.0 Å². The molecule has 8 heteroatoms. The van der Waals surface area contributed by atoms with Crippen molar-refractivity contribution in [1.29, 1.82) is 0 Å². The number of halogens is 4. The van der Waals surface area contributed by atoms with Gasteiger partial charge in [0.2, 0.25) is 0 Å². The van der Waals surface area contributed by atoms with Crippen LogP contribution in [0.4, 0.5) is 13.2 Å². The molecule has 0 aromatic carbocycles. The molecule has 1 aliphatic rings. The van der Waals surface area contributed by atoms with Crippen molar-refractivity contribution in [2.75, 3.05) is 19.8 Å². The molecular weight excluding hydrogens is 398 g/mol. The van der Waals surface area contributed by atoms with Gasteiger partial charge < -0.3 is 15.8 Å². The molecule has 1 rings (SSSR count). The minimum absolute atomic E-state index is 0. The summed E-state index contributed by atoms with van der Waals surface area (Å²) in [5.41, 5.74) is 5.76. The normalized spacial score (nSPS) is 18.0. The second-order valence-electron chi connectivity index (χ2n) is 5.12. The summed E-state index contributed by atoms with van der Waals surface area (Å²) in [6, 6.07) is 0.378. The summed E-state index contributed by atoms with van der Waals surface area (Å²) in [7, 11) is 0. The highest BCUT2D eigenvalue weighted by molar-refractivity contribution is 14.0. The Bertz CT molecular complexity index is 293. The fourth-order valence-corrected chi connectivity index (χ4v) is 2.23. The second kappa shape index (κ2) is 11.3. The molecule has 21 heavy (non-hydrogen) atoms. The van der Waals surface area contributed by atoms with Gasteiger partial charge in [-0.05, 0) is 19.3 Å². The molecule has 0 aliphatic heterocycles. The molecule has 0 saturated heterocycles. The van der Waals surface area contributed by atoms with Crippen molar-refractivity contribution >= 4 is 29.9 Å². The van der Waals surface area contributed by atoms with E-state index in [9.17, 15) is 13.2 Å². The molecule has 0 unspecified atom stereocenters. The standard InChI is InChI=1S/C13H24F3N3O.HI/c14-13(15,16)10-20-9-5-8-18-12(17)19-11-6-3-1-2-4-7-11;/h11H,1-10H2,(H3,17,18,19);1H. The van der Waals surface area contributed by atoms with Gasteiger partial charge in [0, 0.05) is 19.2 Å². The largest absolute Gasteiger partial charge is 0.411 e. The van der Waals surface area contributed by atoms with Crippen LogP contribution >= 0.6 is 24.0 Å². The maximum Gasteiger partial charge on any atom is 0.411 e. The van der Waals surface area contributed by atoms with Gasteiger partial charge in [-0.25, -0.2) is 0 Å². The van der Waals surface area contributed by atoms with E-state index < -0.39 is 12.8 Å². The summed E-state index contributed by atoms with van der Waals surface area (Å²) < 4.78 is 39.9. The first kappa shape index (κ1) is 20.8. The molecule has 1 aliphatic carbocycles. The van der Waals surface area contributed by atoms with Gasteiger partial charge in [0.1, 0.15) is 6.61 Å². The quantitative estimate of drug-likeness (QED) is 0.227. The molecule has 126 valence electrons. The topological polar surface area (TPSA) is 59.6 Å². The van der Waals surface area contributed by atoms with Crippen LogP contribution in [0.25, 0.3) is 0 Å². The maximum absolute atomic E-state index is 11.8. The minimum atomic E-state index is -4.26. The number of guanidine groups is 1. The molecule has 0 atom stereocenters. The van der Waals surface area contributed by atoms with E-state index in [4.69, 9.17) is 5.73 Å². The van der Waals surface area contributed by atoms with E-state index >= 15 is 0 Å². The molecule has 3 N–H and O–H groups in total. The van der Waals surface area contributed by atoms with E-state index in [-0.39, 0.29) is 30.6 Å². The van der Waals surface area contributed by atoms with Crippen molar-refractivity contribution in [2.24, 2.45) is 10.7 Å². The predicted molar refractivity (Wildman–Crippen MR) is 88.0 cm³/mol. The average Bonchev–Trinajstić information content (AvgIpc) is 2.61. The van der Waals surface area contributed by atoms with E-state index in [2.05, 4.69) is 15.0 Å². The van der Waals surface area contributed by atoms with Gasteiger partial charge in [0.15, 0.2) is 5.96 Å². The Labute approximate surface area is 141 Å². The number of hydrogen-bond donors (Lipinski definition) is 2. The first-order valence-corrected chi connectivity index (χ1v) is 7.18. The highest BCUT2D eigenvalue weighted by Crippen LogP contribution is 2.17. The number of nitrogens with two attached hydrogens (primary N) is 1. The molecular formula is C13H25F3IN3O. The van der Waals surface area contributed by atoms with Gasteiger partial charge in [0.05, 0.1) is 0 Å². The number of rotatable bonds is 6. The summed E-state index contributed by atoms with van der Waals surface area (Å²) in [6.07, 6.45) is 3.33. The molecule has 0 aromatic heterocycles. The Morgan fingerprint density at radius 1 is 1.19 bits per heavy atom. The van der Waals surface area contributed by atoms with Crippen LogP contribution in [0.5, 0.6) is 0 Å². The summed E-state index contributed by atoms with van der Waals surface area (Å²) in [6.45, 7) is -0.782. The third kappa shape index (κ3) is 12.0. The zero-order valence-electron chi connectivity index (χ0n) is 12.1. The van der Waals surface area contributed by atoms with E-state index in [1.165, 1.54) is 25.7 Å². The maximum atomic E-state index is 11.8. The van der Waals surface area contributed by atoms with Gasteiger partial charge in [-0.1, -0.05) is 25.7 Å². The van der Waals surface area contributed by atoms with Crippen molar-refractivity contribution in [1.82, 2.24) is 5.32 Å². The van der Waals surface area contributed by atoms with Gasteiger partial charge in [-0.15, -0.1) is 24.0 Å². The van der Waals surface area contributed by atoms with Gasteiger partial charge in [-0.2, -0.15) is 13.2 Å². The Morgan fingerprint density at radius 2 is 1.81 bits per heavy atom. The van der Waals surface area contributed by atoms with Crippen LogP contribution < -0.4 is 11.1 Å². The summed E-state index contributed by atoms with van der Waals surface area (Å²) in [4.78, 5) is 4.10. The Kier molecular flexibility index (Phi) is 11.2. The van der Waals surface area contributed by atoms with Gasteiger partial charge in [-0.3, -0.25) is 4.99 Å². The molecule has 0 amide bonds. The fourth-order valence-electron chi connectivity index (χ4n) is 2.23. The van der Waals surface area contributed by atoms with Crippen LogP contribution in [0, 0.1) is 0 Å². The number of nitrogens with one attached hydrogen (secondary N) is 1. The second-order valence-corrected chi connectivity index (χ2v) is 5.12. The van der Waals surface area contributed by atoms with Crippen LogP contribution in [0.15, 0.2) is 4.99 Å². The van der Waals surface area contributed by atoms with Crippen molar-refractivity contribution in [3.05, 3.63) is 0 Å². The molecule has 0 aromatic rings. The zero-order chi connectivity index (χ0) is 14.8. The van der Waals surface area contributed by atoms with E-state index in [1.807, 2.05) is 0 Å². The number of hydrogen-bond acceptors (Lipinski definition) is 2. The molecule has 1 fully saturated rings. The zero-order valence-corrected chi connectivity index (χ0v) is 14.5. The van der Waals surface area contributed by atoms with Crippen LogP contribution in [0.3, 0.4) is 0 Å². The van der Waals surface area contributed by atoms with Crippen molar-refractivity contribution in [2.45, 2.75) is 57.2 Å². The summed E-state index contributed by atoms with van der Waals surface area (Å²) >= 11 is 0. The molecule has 0 spiro atoms. The fraction of sp³-hybridized carbons (Fsp3) is 0.923. The van der Waals surface area contributed by atoms with Gasteiger partial charge >= 0.3 is 6.18 Å². The highest BCUT2D eigenvalue weighted by atomic mass is 127. The summed E-state index contributed by atoms with van der Waals surface area (Å²) in [5.74, 6) is 0.382. The third-order valence-corrected chi connectivity index (χ3v) is 3.20. The lowest BCUT2D eigenvalue weighted by Crippen LogP contribution is -2.39. The minimum Gasteiger partial charge on any atom is -0.372 e. The average molecular weight is 423 g/mol. The smallest absolute Gasteiger partial charge is 0.372 e. The lowest BCUT2D eigenvalue weighted by Gasteiger charge is -2.16. The molecule has 0 heterocycles. The molecule has 1 saturated carbocycles. The lowest BCUT2D eigenvalue weighted by molar-refractivity contribution is -0.173. The molecule has 0 bridgehead atoms. The Hall–Kier alpha value is -0.250. The number of ether oxygens (including phenoxy) is 1. The van der Waals surface area contributed by atoms with Gasteiger partial charge in [0.25, 0.3) is 0 Å². The number of alkyl halides is 3. The van der Waals surface area contributed by atoms with Crippen LogP contribution in [-0.2, 0) is 4.74 Å². The predicted octanol–water partition coefficient (Wildman–Crippen LogP) is 3.20. The van der Waals surface area contributed by atoms with Crippen LogP contribution in [0.1, 0.15) is 44.9 Å². The van der Waals surface area contributed by atoms with Crippen LogP contribution in [0.2, 0.25) is 0 Å². The van der Waals surface area contributed by atoms with Crippen LogP contribution in [-0.4, -0.2) is 37.9 Å². The lowest BCUT2D eigenvalue weighted by atomic mass is 10.1. The van der Waals surface area contributed by atoms with Crippen molar-refractivity contribution in [3.63, 3.8) is 0 Å². The van der Waals surface area contributed by atoms with E-state index in [1.54, 1.807) is 0 Å². The Morgan fingerprint density at radius 3 is 2.38 bits per heavy atom. The first-order chi connectivity index (χ1) is 9.47. The molecule has 0 radical (unpaired) electrons. The number of aliphatic imine (C=N–C) groups is 1. The SMILES string of the molecule is I.NC(=NCCCOCC(F)(F)F)NC1CCCCCC1.